The molecular formula is C12H24O3Si. The maximum atomic E-state index is 10.3. The molecule has 0 aliphatic carbocycles. The summed E-state index contributed by atoms with van der Waals surface area (Å²) in [5.41, 5.74) is 0. The maximum absolute atomic E-state index is 10.3. The molecule has 0 radical (unpaired) electrons. The van der Waals surface area contributed by atoms with Crippen molar-refractivity contribution in [1.29, 1.82) is 0 Å². The van der Waals surface area contributed by atoms with Gasteiger partial charge in [0.25, 0.3) is 0 Å². The molecule has 0 saturated heterocycles. The number of aliphatic carboxylic acids is 1. The average Bonchev–Trinajstić information content (AvgIpc) is 1.99. The second kappa shape index (κ2) is 5.64. The predicted octanol–water partition coefficient (Wildman–Crippen LogP) is 3.43. The molecule has 0 amide bonds. The van der Waals surface area contributed by atoms with E-state index in [1.54, 1.807) is 6.08 Å². The Morgan fingerprint density at radius 2 is 1.94 bits per heavy atom. The summed E-state index contributed by atoms with van der Waals surface area (Å²) < 4.78 is 6.08. The fourth-order valence-corrected chi connectivity index (χ4v) is 2.54. The second-order valence-electron chi connectivity index (χ2n) is 5.67. The normalized spacial score (nSPS) is 15.4. The molecule has 1 N–H and O–H groups in total. The first-order valence-electron chi connectivity index (χ1n) is 5.63. The Bertz CT molecular complexity index is 264. The summed E-state index contributed by atoms with van der Waals surface area (Å²) in [6.07, 6.45) is 3.56. The van der Waals surface area contributed by atoms with Crippen molar-refractivity contribution in [2.45, 2.75) is 58.4 Å². The van der Waals surface area contributed by atoms with Gasteiger partial charge in [-0.3, -0.25) is 0 Å². The van der Waals surface area contributed by atoms with Gasteiger partial charge in [-0.25, -0.2) is 4.79 Å². The van der Waals surface area contributed by atoms with E-state index in [1.165, 1.54) is 6.08 Å². The predicted molar refractivity (Wildman–Crippen MR) is 69.1 cm³/mol. The summed E-state index contributed by atoms with van der Waals surface area (Å²) in [4.78, 5) is 10.3. The molecule has 0 aliphatic heterocycles. The lowest BCUT2D eigenvalue weighted by Gasteiger charge is -2.38. The highest BCUT2D eigenvalue weighted by molar-refractivity contribution is 6.74. The lowest BCUT2D eigenvalue weighted by molar-refractivity contribution is -0.131. The molecule has 0 aromatic heterocycles. The molecule has 1 atom stereocenters. The Morgan fingerprint density at radius 1 is 1.44 bits per heavy atom. The Kier molecular flexibility index (Phi) is 5.42. The largest absolute Gasteiger partial charge is 0.478 e. The van der Waals surface area contributed by atoms with Crippen LogP contribution in [0.25, 0.3) is 0 Å². The molecule has 0 aromatic rings. The van der Waals surface area contributed by atoms with E-state index >= 15 is 0 Å². The third-order valence-corrected chi connectivity index (χ3v) is 7.63. The Balaban J connectivity index is 4.24. The monoisotopic (exact) mass is 244 g/mol. The summed E-state index contributed by atoms with van der Waals surface area (Å²) >= 11 is 0. The van der Waals surface area contributed by atoms with E-state index in [9.17, 15) is 4.79 Å². The number of hydrogen-bond donors (Lipinski definition) is 1. The minimum atomic E-state index is -1.73. The Morgan fingerprint density at radius 3 is 2.31 bits per heavy atom. The van der Waals surface area contributed by atoms with Crippen molar-refractivity contribution in [3.8, 4) is 0 Å². The summed E-state index contributed by atoms with van der Waals surface area (Å²) in [6.45, 7) is 13.0. The van der Waals surface area contributed by atoms with Gasteiger partial charge in [-0.2, -0.15) is 0 Å². The van der Waals surface area contributed by atoms with Crippen LogP contribution in [0.2, 0.25) is 18.1 Å². The number of rotatable bonds is 5. The molecule has 0 aliphatic rings. The molecule has 0 rings (SSSR count). The Labute approximate surface area is 99.6 Å². The van der Waals surface area contributed by atoms with Gasteiger partial charge in [-0.1, -0.05) is 26.8 Å². The zero-order valence-corrected chi connectivity index (χ0v) is 12.2. The van der Waals surface area contributed by atoms with E-state index in [0.29, 0.717) is 6.42 Å². The summed E-state index contributed by atoms with van der Waals surface area (Å²) in [7, 11) is -1.73. The van der Waals surface area contributed by atoms with E-state index in [0.717, 1.165) is 0 Å². The van der Waals surface area contributed by atoms with Crippen molar-refractivity contribution in [1.82, 2.24) is 0 Å². The first kappa shape index (κ1) is 15.4. The number of carboxylic acids is 1. The zero-order valence-electron chi connectivity index (χ0n) is 11.2. The van der Waals surface area contributed by atoms with Gasteiger partial charge in [0, 0.05) is 12.2 Å². The second-order valence-corrected chi connectivity index (χ2v) is 10.4. The number of hydrogen-bond acceptors (Lipinski definition) is 2. The van der Waals surface area contributed by atoms with Crippen molar-refractivity contribution in [3.63, 3.8) is 0 Å². The smallest absolute Gasteiger partial charge is 0.327 e. The molecule has 0 unspecified atom stereocenters. The van der Waals surface area contributed by atoms with Crippen LogP contribution in [-0.2, 0) is 9.22 Å². The van der Waals surface area contributed by atoms with E-state index in [-0.39, 0.29) is 11.1 Å². The van der Waals surface area contributed by atoms with Crippen LogP contribution in [0, 0.1) is 0 Å². The molecule has 0 bridgehead atoms. The van der Waals surface area contributed by atoms with Crippen molar-refractivity contribution in [3.05, 3.63) is 12.2 Å². The van der Waals surface area contributed by atoms with Crippen LogP contribution in [-0.4, -0.2) is 25.5 Å². The number of carboxylic acid groups (broad SMARTS) is 1. The van der Waals surface area contributed by atoms with Crippen LogP contribution in [0.5, 0.6) is 0 Å². The van der Waals surface area contributed by atoms with Gasteiger partial charge in [0.2, 0.25) is 0 Å². The van der Waals surface area contributed by atoms with Crippen LogP contribution in [0.15, 0.2) is 12.2 Å². The standard InChI is InChI=1S/C12H24O3Si/c1-10(8-7-9-11(13)14)15-16(5,6)12(2,3)4/h7,9-10H,8H2,1-6H3,(H,13,14)/b9-7+/t10-/m0/s1. The van der Waals surface area contributed by atoms with Gasteiger partial charge < -0.3 is 9.53 Å². The van der Waals surface area contributed by atoms with Crippen LogP contribution in [0.1, 0.15) is 34.1 Å². The summed E-state index contributed by atoms with van der Waals surface area (Å²) in [5, 5.41) is 8.66. The lowest BCUT2D eigenvalue weighted by Crippen LogP contribution is -2.43. The van der Waals surface area contributed by atoms with Gasteiger partial charge in [0.05, 0.1) is 0 Å². The third kappa shape index (κ3) is 5.46. The molecule has 94 valence electrons. The van der Waals surface area contributed by atoms with Crippen LogP contribution < -0.4 is 0 Å². The van der Waals surface area contributed by atoms with Gasteiger partial charge in [-0.15, -0.1) is 0 Å². The molecular weight excluding hydrogens is 220 g/mol. The van der Waals surface area contributed by atoms with E-state index < -0.39 is 14.3 Å². The molecule has 4 heteroatoms. The molecule has 0 spiro atoms. The van der Waals surface area contributed by atoms with Crippen molar-refractivity contribution < 1.29 is 14.3 Å². The molecule has 0 saturated carbocycles. The maximum Gasteiger partial charge on any atom is 0.327 e. The van der Waals surface area contributed by atoms with Crippen LogP contribution in [0.3, 0.4) is 0 Å². The van der Waals surface area contributed by atoms with Gasteiger partial charge in [-0.05, 0) is 31.5 Å². The van der Waals surface area contributed by atoms with Gasteiger partial charge in [0.1, 0.15) is 0 Å². The molecule has 16 heavy (non-hydrogen) atoms. The van der Waals surface area contributed by atoms with Gasteiger partial charge in [0.15, 0.2) is 8.32 Å². The number of carbonyl (C=O) groups is 1. The summed E-state index contributed by atoms with van der Waals surface area (Å²) in [6, 6.07) is 0. The topological polar surface area (TPSA) is 46.5 Å². The lowest BCUT2D eigenvalue weighted by atomic mass is 10.2. The molecule has 0 aromatic carbocycles. The van der Waals surface area contributed by atoms with Crippen LogP contribution in [0.4, 0.5) is 0 Å². The highest BCUT2D eigenvalue weighted by Crippen LogP contribution is 2.37. The average molecular weight is 244 g/mol. The van der Waals surface area contributed by atoms with Crippen molar-refractivity contribution in [2.24, 2.45) is 0 Å². The van der Waals surface area contributed by atoms with E-state index in [1.807, 2.05) is 6.92 Å². The fourth-order valence-electron chi connectivity index (χ4n) is 1.09. The fraction of sp³-hybridized carbons (Fsp3) is 0.750. The van der Waals surface area contributed by atoms with Crippen molar-refractivity contribution >= 4 is 14.3 Å². The minimum absolute atomic E-state index is 0.0801. The Hall–Kier alpha value is -0.613. The van der Waals surface area contributed by atoms with E-state index in [4.69, 9.17) is 9.53 Å². The van der Waals surface area contributed by atoms with E-state index in [2.05, 4.69) is 33.9 Å². The third-order valence-electron chi connectivity index (χ3n) is 3.03. The first-order valence-corrected chi connectivity index (χ1v) is 8.54. The quantitative estimate of drug-likeness (QED) is 0.595. The zero-order chi connectivity index (χ0) is 13.0. The first-order chi connectivity index (χ1) is 7.06. The van der Waals surface area contributed by atoms with Crippen molar-refractivity contribution in [2.75, 3.05) is 0 Å². The molecule has 0 fully saturated rings. The van der Waals surface area contributed by atoms with Crippen LogP contribution >= 0.6 is 0 Å². The molecule has 0 heterocycles. The summed E-state index contributed by atoms with van der Waals surface area (Å²) in [5.74, 6) is -0.903. The highest BCUT2D eigenvalue weighted by atomic mass is 28.4. The molecule has 3 nitrogen and oxygen atoms in total. The SMILES string of the molecule is C[C@@H](C/C=C/C(=O)O)O[Si](C)(C)C(C)(C)C. The van der Waals surface area contributed by atoms with Gasteiger partial charge >= 0.3 is 5.97 Å². The highest BCUT2D eigenvalue weighted by Gasteiger charge is 2.38. The minimum Gasteiger partial charge on any atom is -0.478 e.